The van der Waals surface area contributed by atoms with Crippen LogP contribution in [0.3, 0.4) is 0 Å². The number of likely N-dealkylation sites (N-methyl/N-ethyl adjacent to an activating group) is 1. The summed E-state index contributed by atoms with van der Waals surface area (Å²) in [6.45, 7) is 3.59. The predicted molar refractivity (Wildman–Crippen MR) is 110 cm³/mol. The van der Waals surface area contributed by atoms with Crippen LogP contribution in [0.25, 0.3) is 0 Å². The van der Waals surface area contributed by atoms with Gasteiger partial charge in [0.1, 0.15) is 0 Å². The number of sulfonamides is 1. The molecule has 0 aromatic heterocycles. The molecular formula is C22H28N2O2S. The van der Waals surface area contributed by atoms with Crippen molar-refractivity contribution in [3.63, 3.8) is 0 Å². The third kappa shape index (κ3) is 3.27. The van der Waals surface area contributed by atoms with E-state index >= 15 is 0 Å². The molecule has 0 N–H and O–H groups in total. The van der Waals surface area contributed by atoms with Crippen LogP contribution in [0.15, 0.2) is 53.4 Å². The Hall–Kier alpha value is -1.85. The van der Waals surface area contributed by atoms with E-state index in [0.29, 0.717) is 11.4 Å². The molecule has 1 atom stereocenters. The second-order valence-electron chi connectivity index (χ2n) is 8.05. The molecule has 27 heavy (non-hydrogen) atoms. The predicted octanol–water partition coefficient (Wildman–Crippen LogP) is 3.99. The number of aryl methyl sites for hydroxylation is 1. The molecular weight excluding hydrogens is 356 g/mol. The number of hydrogen-bond acceptors (Lipinski definition) is 3. The largest absolute Gasteiger partial charge is 0.300 e. The molecule has 4 nitrogen and oxygen atoms in total. The van der Waals surface area contributed by atoms with Gasteiger partial charge in [-0.15, -0.1) is 0 Å². The van der Waals surface area contributed by atoms with Crippen molar-refractivity contribution < 1.29 is 8.42 Å². The highest BCUT2D eigenvalue weighted by molar-refractivity contribution is 7.92. The SMILES string of the molecule is Cc1ccc(S(=O)(=O)N2CCC3(CCCCN3C)Cc3ccccc32)cc1. The monoisotopic (exact) mass is 384 g/mol. The summed E-state index contributed by atoms with van der Waals surface area (Å²) < 4.78 is 28.6. The molecule has 2 aliphatic heterocycles. The summed E-state index contributed by atoms with van der Waals surface area (Å²) in [6.07, 6.45) is 5.36. The zero-order chi connectivity index (χ0) is 19.1. The average molecular weight is 385 g/mol. The Morgan fingerprint density at radius 2 is 1.67 bits per heavy atom. The molecule has 1 spiro atoms. The molecule has 2 heterocycles. The van der Waals surface area contributed by atoms with Gasteiger partial charge < -0.3 is 4.90 Å². The summed E-state index contributed by atoms with van der Waals surface area (Å²) in [4.78, 5) is 2.84. The van der Waals surface area contributed by atoms with E-state index in [0.717, 1.165) is 42.6 Å². The van der Waals surface area contributed by atoms with Crippen LogP contribution in [0.2, 0.25) is 0 Å². The van der Waals surface area contributed by atoms with Crippen LogP contribution < -0.4 is 4.31 Å². The Bertz CT molecular complexity index is 924. The summed E-state index contributed by atoms with van der Waals surface area (Å²) in [5.74, 6) is 0. The van der Waals surface area contributed by atoms with Crippen molar-refractivity contribution in [3.05, 3.63) is 59.7 Å². The third-order valence-corrected chi connectivity index (χ3v) is 8.19. The van der Waals surface area contributed by atoms with Gasteiger partial charge in [0, 0.05) is 12.1 Å². The van der Waals surface area contributed by atoms with E-state index in [9.17, 15) is 8.42 Å². The number of para-hydroxylation sites is 1. The Labute approximate surface area is 162 Å². The van der Waals surface area contributed by atoms with E-state index in [4.69, 9.17) is 0 Å². The van der Waals surface area contributed by atoms with Crippen molar-refractivity contribution in [2.24, 2.45) is 0 Å². The van der Waals surface area contributed by atoms with Crippen LogP contribution >= 0.6 is 0 Å². The first-order valence-corrected chi connectivity index (χ1v) is 11.2. The van der Waals surface area contributed by atoms with Crippen molar-refractivity contribution in [3.8, 4) is 0 Å². The lowest BCUT2D eigenvalue weighted by Gasteiger charge is -2.45. The number of fused-ring (bicyclic) bond motifs is 1. The molecule has 1 unspecified atom stereocenters. The first-order chi connectivity index (χ1) is 12.9. The fourth-order valence-corrected chi connectivity index (χ4v) is 6.14. The van der Waals surface area contributed by atoms with Gasteiger partial charge in [-0.1, -0.05) is 42.3 Å². The lowest BCUT2D eigenvalue weighted by molar-refractivity contribution is 0.0685. The Kier molecular flexibility index (Phi) is 4.77. The third-order valence-electron chi connectivity index (χ3n) is 6.36. The molecule has 1 saturated heterocycles. The van der Waals surface area contributed by atoms with E-state index < -0.39 is 10.0 Å². The van der Waals surface area contributed by atoms with E-state index in [2.05, 4.69) is 18.0 Å². The van der Waals surface area contributed by atoms with Crippen LogP contribution in [-0.4, -0.2) is 39.0 Å². The molecule has 0 saturated carbocycles. The van der Waals surface area contributed by atoms with Gasteiger partial charge >= 0.3 is 0 Å². The summed E-state index contributed by atoms with van der Waals surface area (Å²) >= 11 is 0. The van der Waals surface area contributed by atoms with Crippen molar-refractivity contribution in [1.29, 1.82) is 0 Å². The van der Waals surface area contributed by atoms with Crippen LogP contribution in [0.5, 0.6) is 0 Å². The molecule has 0 aliphatic carbocycles. The van der Waals surface area contributed by atoms with E-state index in [-0.39, 0.29) is 5.54 Å². The van der Waals surface area contributed by atoms with Gasteiger partial charge in [-0.25, -0.2) is 8.42 Å². The maximum Gasteiger partial charge on any atom is 0.264 e. The first kappa shape index (κ1) is 18.5. The number of piperidine rings is 1. The normalized spacial score (nSPS) is 23.9. The van der Waals surface area contributed by atoms with Crippen molar-refractivity contribution in [1.82, 2.24) is 4.90 Å². The number of rotatable bonds is 2. The van der Waals surface area contributed by atoms with Crippen molar-refractivity contribution >= 4 is 15.7 Å². The second-order valence-corrected chi connectivity index (χ2v) is 9.91. The maximum absolute atomic E-state index is 13.5. The molecule has 5 heteroatoms. The van der Waals surface area contributed by atoms with Gasteiger partial charge in [0.2, 0.25) is 0 Å². The van der Waals surface area contributed by atoms with Crippen molar-refractivity contribution in [2.75, 3.05) is 24.4 Å². The second kappa shape index (κ2) is 6.95. The molecule has 1 fully saturated rings. The molecule has 4 rings (SSSR count). The number of anilines is 1. The lowest BCUT2D eigenvalue weighted by Crippen LogP contribution is -2.52. The summed E-state index contributed by atoms with van der Waals surface area (Å²) in [6, 6.07) is 15.2. The Balaban J connectivity index is 1.78. The van der Waals surface area contributed by atoms with E-state index in [1.165, 1.54) is 12.8 Å². The average Bonchev–Trinajstić information content (AvgIpc) is 2.82. The summed E-state index contributed by atoms with van der Waals surface area (Å²) in [5.41, 5.74) is 3.10. The van der Waals surface area contributed by atoms with Crippen LogP contribution in [0, 0.1) is 6.92 Å². The number of hydrogen-bond donors (Lipinski definition) is 0. The Morgan fingerprint density at radius 1 is 0.926 bits per heavy atom. The molecule has 2 aromatic rings. The Morgan fingerprint density at radius 3 is 2.41 bits per heavy atom. The van der Waals surface area contributed by atoms with Gasteiger partial charge in [0.15, 0.2) is 0 Å². The van der Waals surface area contributed by atoms with Crippen LogP contribution in [-0.2, 0) is 16.4 Å². The highest BCUT2D eigenvalue weighted by atomic mass is 32.2. The fourth-order valence-electron chi connectivity index (χ4n) is 4.63. The summed E-state index contributed by atoms with van der Waals surface area (Å²) in [5, 5.41) is 0. The van der Waals surface area contributed by atoms with E-state index in [1.807, 2.05) is 37.3 Å². The summed E-state index contributed by atoms with van der Waals surface area (Å²) in [7, 11) is -1.37. The molecule has 0 bridgehead atoms. The van der Waals surface area contributed by atoms with Gasteiger partial charge in [-0.2, -0.15) is 0 Å². The lowest BCUT2D eigenvalue weighted by atomic mass is 9.79. The van der Waals surface area contributed by atoms with E-state index in [1.54, 1.807) is 16.4 Å². The molecule has 0 radical (unpaired) electrons. The number of likely N-dealkylation sites (tertiary alicyclic amines) is 1. The minimum atomic E-state index is -3.57. The minimum Gasteiger partial charge on any atom is -0.300 e. The highest BCUT2D eigenvalue weighted by Gasteiger charge is 2.41. The molecule has 0 amide bonds. The maximum atomic E-state index is 13.5. The zero-order valence-electron chi connectivity index (χ0n) is 16.2. The molecule has 144 valence electrons. The van der Waals surface area contributed by atoms with Gasteiger partial charge in [0.25, 0.3) is 10.0 Å². The van der Waals surface area contributed by atoms with Crippen LogP contribution in [0.4, 0.5) is 5.69 Å². The standard InChI is InChI=1S/C22H28N2O2S/c1-18-9-11-20(12-10-18)27(25,26)24-16-14-22(13-5-6-15-23(22)2)17-19-7-3-4-8-21(19)24/h3-4,7-12H,5-6,13-17H2,1-2H3. The van der Waals surface area contributed by atoms with Gasteiger partial charge in [-0.05, 0) is 70.0 Å². The zero-order valence-corrected chi connectivity index (χ0v) is 17.0. The quantitative estimate of drug-likeness (QED) is 0.786. The smallest absolute Gasteiger partial charge is 0.264 e. The van der Waals surface area contributed by atoms with Gasteiger partial charge in [-0.3, -0.25) is 4.31 Å². The number of benzene rings is 2. The van der Waals surface area contributed by atoms with Gasteiger partial charge in [0.05, 0.1) is 10.6 Å². The minimum absolute atomic E-state index is 0.0614. The first-order valence-electron chi connectivity index (χ1n) is 9.81. The molecule has 2 aromatic carbocycles. The number of nitrogens with zero attached hydrogens (tertiary/aromatic N) is 2. The highest BCUT2D eigenvalue weighted by Crippen LogP contribution is 2.40. The van der Waals surface area contributed by atoms with Crippen LogP contribution in [0.1, 0.15) is 36.8 Å². The molecule has 2 aliphatic rings. The van der Waals surface area contributed by atoms with Crippen molar-refractivity contribution in [2.45, 2.75) is 49.5 Å². The fraction of sp³-hybridized carbons (Fsp3) is 0.455. The topological polar surface area (TPSA) is 40.6 Å².